The van der Waals surface area contributed by atoms with Gasteiger partial charge in [-0.3, -0.25) is 9.36 Å². The molecule has 0 unspecified atom stereocenters. The second-order valence-corrected chi connectivity index (χ2v) is 22.2. The van der Waals surface area contributed by atoms with E-state index in [4.69, 9.17) is 49.0 Å². The standard InChI is InChI=1S/C27H32Cl3FN5O3PSi/c1-40(2,3)35-27-34-25(30)23(36(27)16-38-9-10-41(4,5)6)26(37)33-15-18-7-8-21(29)24(22(18)31)39-20-12-17(14-32)11-19(28)13-20/h7-8,11-13H,9-10,15-16H2,1-6H3,(H,33,37). The van der Waals surface area contributed by atoms with Crippen molar-refractivity contribution in [2.45, 2.75) is 39.0 Å². The maximum Gasteiger partial charge on any atom is 0.271 e. The van der Waals surface area contributed by atoms with Gasteiger partial charge in [-0.05, 0) is 57.4 Å². The lowest BCUT2D eigenvalue weighted by molar-refractivity contribution is 0.0797. The first kappa shape index (κ1) is 33.1. The molecule has 0 aliphatic heterocycles. The van der Waals surface area contributed by atoms with Crippen LogP contribution in [0.25, 0.3) is 0 Å². The number of carbonyl (C=O) groups is 1. The van der Waals surface area contributed by atoms with Crippen molar-refractivity contribution in [2.24, 2.45) is 4.74 Å². The van der Waals surface area contributed by atoms with Crippen LogP contribution in [-0.2, 0) is 18.0 Å². The molecule has 0 spiro atoms. The van der Waals surface area contributed by atoms with E-state index in [-0.39, 0.29) is 56.8 Å². The van der Waals surface area contributed by atoms with E-state index >= 15 is 4.39 Å². The topological polar surface area (TPSA) is 102 Å². The highest BCUT2D eigenvalue weighted by molar-refractivity contribution is 7.64. The number of rotatable bonds is 11. The third-order valence-corrected chi connectivity index (χ3v) is 8.78. The quantitative estimate of drug-likeness (QED) is 0.126. The number of carbonyl (C=O) groups excluding carboxylic acids is 1. The molecule has 0 saturated heterocycles. The summed E-state index contributed by atoms with van der Waals surface area (Å²) in [5.74, 6) is -1.17. The lowest BCUT2D eigenvalue weighted by Crippen LogP contribution is -2.27. The Morgan fingerprint density at radius 1 is 1.20 bits per heavy atom. The number of halogens is 4. The summed E-state index contributed by atoms with van der Waals surface area (Å²) in [6, 6.07) is 10.1. The molecule has 3 aromatic rings. The lowest BCUT2D eigenvalue weighted by atomic mass is 10.2. The molecule has 8 nitrogen and oxygen atoms in total. The number of amides is 1. The van der Waals surface area contributed by atoms with Crippen LogP contribution >= 0.6 is 41.9 Å². The molecule has 0 fully saturated rings. The summed E-state index contributed by atoms with van der Waals surface area (Å²) in [5.41, 5.74) is 0.421. The van der Waals surface area contributed by atoms with Crippen LogP contribution in [0, 0.1) is 17.1 Å². The van der Waals surface area contributed by atoms with Gasteiger partial charge in [-0.2, -0.15) is 10.2 Å². The van der Waals surface area contributed by atoms with Crippen molar-refractivity contribution in [1.82, 2.24) is 14.9 Å². The van der Waals surface area contributed by atoms with Crippen molar-refractivity contribution in [2.75, 3.05) is 26.6 Å². The second-order valence-electron chi connectivity index (χ2n) is 11.3. The molecule has 0 atom stereocenters. The molecule has 1 aromatic heterocycles. The van der Waals surface area contributed by atoms with Crippen LogP contribution in [-0.4, -0.2) is 50.1 Å². The molecule has 3 rings (SSSR count). The van der Waals surface area contributed by atoms with E-state index in [2.05, 4.69) is 29.9 Å². The summed E-state index contributed by atoms with van der Waals surface area (Å²) in [7, 11) is -3.01. The Kier molecular flexibility index (Phi) is 11.1. The predicted octanol–water partition coefficient (Wildman–Crippen LogP) is 8.61. The summed E-state index contributed by atoms with van der Waals surface area (Å²) in [6.45, 7) is 13.2. The predicted molar refractivity (Wildman–Crippen MR) is 167 cm³/mol. The Morgan fingerprint density at radius 3 is 2.54 bits per heavy atom. The van der Waals surface area contributed by atoms with E-state index in [1.807, 2.05) is 26.1 Å². The van der Waals surface area contributed by atoms with Gasteiger partial charge >= 0.3 is 0 Å². The van der Waals surface area contributed by atoms with E-state index in [0.717, 1.165) is 6.04 Å². The molecule has 0 bridgehead atoms. The van der Waals surface area contributed by atoms with E-state index < -0.39 is 26.9 Å². The maximum absolute atomic E-state index is 15.5. The normalized spacial score (nSPS) is 11.7. The average molecular weight is 659 g/mol. The van der Waals surface area contributed by atoms with E-state index in [9.17, 15) is 10.1 Å². The third-order valence-electron chi connectivity index (χ3n) is 5.51. The van der Waals surface area contributed by atoms with Gasteiger partial charge in [0.2, 0.25) is 5.95 Å². The number of nitriles is 1. The van der Waals surface area contributed by atoms with Crippen molar-refractivity contribution >= 4 is 61.8 Å². The maximum atomic E-state index is 15.5. The molecule has 0 radical (unpaired) electrons. The Bertz CT molecular complexity index is 1540. The molecule has 2 aromatic carbocycles. The summed E-state index contributed by atoms with van der Waals surface area (Å²) in [5, 5.41) is 12.1. The number of benzene rings is 2. The van der Waals surface area contributed by atoms with E-state index in [0.29, 0.717) is 12.6 Å². The molecule has 1 N–H and O–H groups in total. The molecule has 0 aliphatic rings. The Balaban J connectivity index is 1.85. The van der Waals surface area contributed by atoms with Gasteiger partial charge < -0.3 is 14.8 Å². The first-order valence-electron chi connectivity index (χ1n) is 12.6. The van der Waals surface area contributed by atoms with Crippen molar-refractivity contribution in [1.29, 1.82) is 5.26 Å². The third kappa shape index (κ3) is 9.57. The van der Waals surface area contributed by atoms with Gasteiger partial charge in [-0.25, -0.2) is 9.14 Å². The molecule has 0 saturated carbocycles. The van der Waals surface area contributed by atoms with Crippen LogP contribution in [0.5, 0.6) is 11.5 Å². The van der Waals surface area contributed by atoms with E-state index in [1.165, 1.54) is 30.3 Å². The Hall–Kier alpha value is -2.38. The van der Waals surface area contributed by atoms with Crippen LogP contribution < -0.4 is 10.1 Å². The molecule has 0 aliphatic carbocycles. The summed E-state index contributed by atoms with van der Waals surface area (Å²) < 4.78 is 33.3. The zero-order valence-electron chi connectivity index (χ0n) is 23.7. The van der Waals surface area contributed by atoms with Gasteiger partial charge in [0.15, 0.2) is 16.7 Å². The van der Waals surface area contributed by atoms with Gasteiger partial charge in [0.25, 0.3) is 5.91 Å². The van der Waals surface area contributed by atoms with Gasteiger partial charge in [0, 0.05) is 31.8 Å². The molecule has 1 amide bonds. The SMILES string of the molecule is C[Si](C)(C)CCOCn1c(N=P(C)(C)C)nc(Cl)c1C(=O)NCc1ccc(Cl)c(Oc2cc(Cl)cc(C#N)c2)c1F. The number of hydrogen-bond acceptors (Lipinski definition) is 6. The molecule has 1 heterocycles. The number of nitrogens with one attached hydrogen (secondary N) is 1. The number of aromatic nitrogens is 2. The molecule has 14 heteroatoms. The smallest absolute Gasteiger partial charge is 0.271 e. The fourth-order valence-electron chi connectivity index (χ4n) is 3.50. The number of imidazole rings is 1. The number of nitrogens with zero attached hydrogens (tertiary/aromatic N) is 4. The van der Waals surface area contributed by atoms with Crippen LogP contribution in [0.4, 0.5) is 10.3 Å². The van der Waals surface area contributed by atoms with Crippen LogP contribution in [0.1, 0.15) is 21.6 Å². The van der Waals surface area contributed by atoms with Crippen LogP contribution in [0.2, 0.25) is 40.9 Å². The highest BCUT2D eigenvalue weighted by atomic mass is 35.5. The minimum atomic E-state index is -1.68. The molecular weight excluding hydrogens is 627 g/mol. The average Bonchev–Trinajstić information content (AvgIpc) is 3.15. The summed E-state index contributed by atoms with van der Waals surface area (Å²) in [6.07, 6.45) is 0. The zero-order valence-corrected chi connectivity index (χ0v) is 27.9. The van der Waals surface area contributed by atoms with Gasteiger partial charge in [-0.1, -0.05) is 60.5 Å². The Labute approximate surface area is 255 Å². The summed E-state index contributed by atoms with van der Waals surface area (Å²) >= 11 is 18.7. The van der Waals surface area contributed by atoms with Crippen molar-refractivity contribution < 1.29 is 18.7 Å². The number of hydrogen-bond donors (Lipinski definition) is 1. The fraction of sp³-hybridized carbons (Fsp3) is 0.370. The van der Waals surface area contributed by atoms with Gasteiger partial charge in [-0.15, -0.1) is 0 Å². The van der Waals surface area contributed by atoms with Gasteiger partial charge in [0.05, 0.1) is 16.7 Å². The number of ether oxygens (including phenoxy) is 2. The largest absolute Gasteiger partial charge is 0.453 e. The van der Waals surface area contributed by atoms with Crippen LogP contribution in [0.15, 0.2) is 35.1 Å². The van der Waals surface area contributed by atoms with Crippen LogP contribution in [0.3, 0.4) is 0 Å². The molecule has 220 valence electrons. The Morgan fingerprint density at radius 2 is 1.90 bits per heavy atom. The summed E-state index contributed by atoms with van der Waals surface area (Å²) in [4.78, 5) is 17.7. The zero-order chi connectivity index (χ0) is 30.5. The molecule has 41 heavy (non-hydrogen) atoms. The minimum Gasteiger partial charge on any atom is -0.453 e. The van der Waals surface area contributed by atoms with Crippen molar-refractivity contribution in [3.63, 3.8) is 0 Å². The highest BCUT2D eigenvalue weighted by Crippen LogP contribution is 2.41. The first-order valence-corrected chi connectivity index (χ1v) is 20.5. The minimum absolute atomic E-state index is 0.00409. The fourth-order valence-corrected chi connectivity index (χ4v) is 5.62. The first-order chi connectivity index (χ1) is 19.1. The van der Waals surface area contributed by atoms with Gasteiger partial charge in [0.1, 0.15) is 18.2 Å². The highest BCUT2D eigenvalue weighted by Gasteiger charge is 2.24. The van der Waals surface area contributed by atoms with Crippen molar-refractivity contribution in [3.8, 4) is 17.6 Å². The second kappa shape index (κ2) is 13.7. The molecular formula is C27H32Cl3FN5O3PSi. The van der Waals surface area contributed by atoms with E-state index in [1.54, 1.807) is 4.57 Å². The monoisotopic (exact) mass is 657 g/mol. The van der Waals surface area contributed by atoms with Crippen molar-refractivity contribution in [3.05, 3.63) is 68.2 Å². The lowest BCUT2D eigenvalue weighted by Gasteiger charge is -2.17.